The van der Waals surface area contributed by atoms with Gasteiger partial charge in [0.2, 0.25) is 5.91 Å². The van der Waals surface area contributed by atoms with E-state index in [9.17, 15) is 4.79 Å². The second-order valence-corrected chi connectivity index (χ2v) is 6.50. The predicted molar refractivity (Wildman–Crippen MR) is 92.0 cm³/mol. The molecule has 23 heavy (non-hydrogen) atoms. The van der Waals surface area contributed by atoms with Crippen LogP contribution in [0.25, 0.3) is 11.3 Å². The molecule has 1 heterocycles. The third-order valence-electron chi connectivity index (χ3n) is 3.94. The van der Waals surface area contributed by atoms with Gasteiger partial charge in [-0.15, -0.1) is 0 Å². The number of carbonyl (C=O) groups excluding carboxylic acids is 1. The zero-order valence-electron chi connectivity index (χ0n) is 14.7. The Labute approximate surface area is 138 Å². The summed E-state index contributed by atoms with van der Waals surface area (Å²) in [6.07, 6.45) is 0.509. The second-order valence-electron chi connectivity index (χ2n) is 6.50. The fourth-order valence-corrected chi connectivity index (χ4v) is 2.53. The zero-order chi connectivity index (χ0) is 17.0. The van der Waals surface area contributed by atoms with Crippen molar-refractivity contribution in [1.82, 2.24) is 10.1 Å². The predicted octanol–water partition coefficient (Wildman–Crippen LogP) is 4.35. The summed E-state index contributed by atoms with van der Waals surface area (Å²) in [5.74, 6) is 1.32. The van der Waals surface area contributed by atoms with Crippen LogP contribution in [0.1, 0.15) is 44.0 Å². The second kappa shape index (κ2) is 7.44. The van der Waals surface area contributed by atoms with E-state index >= 15 is 0 Å². The van der Waals surface area contributed by atoms with E-state index < -0.39 is 0 Å². The van der Waals surface area contributed by atoms with E-state index in [-0.39, 0.29) is 5.91 Å². The summed E-state index contributed by atoms with van der Waals surface area (Å²) in [4.78, 5) is 13.9. The van der Waals surface area contributed by atoms with Gasteiger partial charge in [0.05, 0.1) is 6.54 Å². The summed E-state index contributed by atoms with van der Waals surface area (Å²) in [6.45, 7) is 11.5. The van der Waals surface area contributed by atoms with Crippen LogP contribution in [0.4, 0.5) is 0 Å². The van der Waals surface area contributed by atoms with Crippen LogP contribution in [0.5, 0.6) is 0 Å². The van der Waals surface area contributed by atoms with Crippen LogP contribution in [-0.2, 0) is 11.3 Å². The van der Waals surface area contributed by atoms with Crippen LogP contribution in [0.2, 0.25) is 0 Å². The lowest BCUT2D eigenvalue weighted by atomic mass is 10.0. The Balaban J connectivity index is 2.17. The van der Waals surface area contributed by atoms with E-state index in [0.717, 1.165) is 23.6 Å². The maximum atomic E-state index is 12.1. The minimum atomic E-state index is 0.148. The van der Waals surface area contributed by atoms with Gasteiger partial charge in [0.1, 0.15) is 5.69 Å². The van der Waals surface area contributed by atoms with Crippen LogP contribution in [-0.4, -0.2) is 22.5 Å². The van der Waals surface area contributed by atoms with E-state index in [1.165, 1.54) is 11.1 Å². The number of aromatic nitrogens is 1. The molecular weight excluding hydrogens is 288 g/mol. The van der Waals surface area contributed by atoms with Crippen molar-refractivity contribution in [3.05, 3.63) is 41.1 Å². The standard InChI is InChI=1S/C19H26N2O2/c1-6-19(22)21(11-13(2)3)12-17-10-18(23-20-17)16-8-7-14(4)15(5)9-16/h7-10,13H,6,11-12H2,1-5H3. The topological polar surface area (TPSA) is 46.3 Å². The number of carbonyl (C=O) groups is 1. The van der Waals surface area contributed by atoms with Crippen molar-refractivity contribution in [2.45, 2.75) is 47.6 Å². The van der Waals surface area contributed by atoms with E-state index in [2.05, 4.69) is 45.0 Å². The van der Waals surface area contributed by atoms with Crippen molar-refractivity contribution < 1.29 is 9.32 Å². The molecule has 1 amide bonds. The summed E-state index contributed by atoms with van der Waals surface area (Å²) >= 11 is 0. The largest absolute Gasteiger partial charge is 0.356 e. The van der Waals surface area contributed by atoms with Crippen molar-refractivity contribution in [3.8, 4) is 11.3 Å². The fourth-order valence-electron chi connectivity index (χ4n) is 2.53. The highest BCUT2D eigenvalue weighted by atomic mass is 16.5. The summed E-state index contributed by atoms with van der Waals surface area (Å²) in [7, 11) is 0. The first-order valence-corrected chi connectivity index (χ1v) is 8.21. The minimum Gasteiger partial charge on any atom is -0.356 e. The first kappa shape index (κ1) is 17.3. The van der Waals surface area contributed by atoms with Gasteiger partial charge in [0.25, 0.3) is 0 Å². The van der Waals surface area contributed by atoms with Gasteiger partial charge in [-0.2, -0.15) is 0 Å². The van der Waals surface area contributed by atoms with Crippen molar-refractivity contribution in [2.24, 2.45) is 5.92 Å². The quantitative estimate of drug-likeness (QED) is 0.796. The Bertz CT molecular complexity index is 674. The van der Waals surface area contributed by atoms with Crippen LogP contribution in [0, 0.1) is 19.8 Å². The molecular formula is C19H26N2O2. The Morgan fingerprint density at radius 1 is 1.22 bits per heavy atom. The molecule has 1 aromatic carbocycles. The molecule has 2 aromatic rings. The molecule has 1 aromatic heterocycles. The molecule has 2 rings (SSSR count). The van der Waals surface area contributed by atoms with E-state index in [1.54, 1.807) is 0 Å². The number of amides is 1. The lowest BCUT2D eigenvalue weighted by Crippen LogP contribution is -2.33. The molecule has 0 atom stereocenters. The van der Waals surface area contributed by atoms with Crippen molar-refractivity contribution in [3.63, 3.8) is 0 Å². The molecule has 0 aliphatic carbocycles. The maximum Gasteiger partial charge on any atom is 0.222 e. The Morgan fingerprint density at radius 2 is 1.96 bits per heavy atom. The van der Waals surface area contributed by atoms with Crippen LogP contribution < -0.4 is 0 Å². The third kappa shape index (κ3) is 4.44. The first-order valence-electron chi connectivity index (χ1n) is 8.21. The lowest BCUT2D eigenvalue weighted by Gasteiger charge is -2.22. The van der Waals surface area contributed by atoms with E-state index in [1.807, 2.05) is 24.0 Å². The summed E-state index contributed by atoms with van der Waals surface area (Å²) in [5, 5.41) is 4.14. The SMILES string of the molecule is CCC(=O)N(Cc1cc(-c2ccc(C)c(C)c2)on1)CC(C)C. The molecule has 0 saturated carbocycles. The lowest BCUT2D eigenvalue weighted by molar-refractivity contribution is -0.132. The van der Waals surface area contributed by atoms with Gasteiger partial charge >= 0.3 is 0 Å². The fraction of sp³-hybridized carbons (Fsp3) is 0.474. The van der Waals surface area contributed by atoms with Gasteiger partial charge in [-0.3, -0.25) is 4.79 Å². The Hall–Kier alpha value is -2.10. The molecule has 124 valence electrons. The van der Waals surface area contributed by atoms with Gasteiger partial charge in [-0.05, 0) is 37.0 Å². The summed E-state index contributed by atoms with van der Waals surface area (Å²) in [6, 6.07) is 8.15. The molecule has 0 N–H and O–H groups in total. The average molecular weight is 314 g/mol. The minimum absolute atomic E-state index is 0.148. The Morgan fingerprint density at radius 3 is 2.57 bits per heavy atom. The normalized spacial score (nSPS) is 11.0. The molecule has 4 nitrogen and oxygen atoms in total. The number of hydrogen-bond donors (Lipinski definition) is 0. The summed E-state index contributed by atoms with van der Waals surface area (Å²) < 4.78 is 5.48. The number of rotatable bonds is 6. The van der Waals surface area contributed by atoms with Gasteiger partial charge < -0.3 is 9.42 Å². The van der Waals surface area contributed by atoms with Crippen molar-refractivity contribution in [1.29, 1.82) is 0 Å². The monoisotopic (exact) mass is 314 g/mol. The third-order valence-corrected chi connectivity index (χ3v) is 3.94. The molecule has 0 bridgehead atoms. The van der Waals surface area contributed by atoms with Gasteiger partial charge in [0.15, 0.2) is 5.76 Å². The highest BCUT2D eigenvalue weighted by Crippen LogP contribution is 2.23. The molecule has 0 radical (unpaired) electrons. The van der Waals surface area contributed by atoms with Crippen molar-refractivity contribution >= 4 is 5.91 Å². The molecule has 0 aliphatic heterocycles. The number of benzene rings is 1. The molecule has 0 spiro atoms. The molecule has 0 saturated heterocycles. The smallest absolute Gasteiger partial charge is 0.222 e. The summed E-state index contributed by atoms with van der Waals surface area (Å²) in [5.41, 5.74) is 4.29. The van der Waals surface area contributed by atoms with Crippen LogP contribution >= 0.6 is 0 Å². The molecule has 0 fully saturated rings. The Kier molecular flexibility index (Phi) is 5.59. The van der Waals surface area contributed by atoms with Gasteiger partial charge in [-0.1, -0.05) is 38.1 Å². The highest BCUT2D eigenvalue weighted by molar-refractivity contribution is 5.75. The number of hydrogen-bond acceptors (Lipinski definition) is 3. The van der Waals surface area contributed by atoms with Gasteiger partial charge in [0, 0.05) is 24.6 Å². The molecule has 4 heteroatoms. The van der Waals surface area contributed by atoms with Crippen molar-refractivity contribution in [2.75, 3.05) is 6.54 Å². The maximum absolute atomic E-state index is 12.1. The van der Waals surface area contributed by atoms with E-state index in [0.29, 0.717) is 18.9 Å². The zero-order valence-corrected chi connectivity index (χ0v) is 14.7. The van der Waals surface area contributed by atoms with Gasteiger partial charge in [-0.25, -0.2) is 0 Å². The first-order chi connectivity index (χ1) is 10.9. The number of nitrogens with zero attached hydrogens (tertiary/aromatic N) is 2. The highest BCUT2D eigenvalue weighted by Gasteiger charge is 2.16. The van der Waals surface area contributed by atoms with E-state index in [4.69, 9.17) is 4.52 Å². The average Bonchev–Trinajstić information content (AvgIpc) is 2.96. The molecule has 0 aliphatic rings. The van der Waals surface area contributed by atoms with Crippen LogP contribution in [0.15, 0.2) is 28.8 Å². The molecule has 0 unspecified atom stereocenters. The van der Waals surface area contributed by atoms with Crippen LogP contribution in [0.3, 0.4) is 0 Å². The number of aryl methyl sites for hydroxylation is 2.